The van der Waals surface area contributed by atoms with Gasteiger partial charge >= 0.3 is 0 Å². The van der Waals surface area contributed by atoms with Crippen LogP contribution in [0.2, 0.25) is 0 Å². The molecule has 2 atom stereocenters. The second kappa shape index (κ2) is 6.19. The Morgan fingerprint density at radius 1 is 1.30 bits per heavy atom. The zero-order chi connectivity index (χ0) is 15.7. The second-order valence-corrected chi connectivity index (χ2v) is 7.15. The van der Waals surface area contributed by atoms with Crippen molar-refractivity contribution in [2.24, 2.45) is 0 Å². The Bertz CT molecular complexity index is 655. The highest BCUT2D eigenvalue weighted by atomic mass is 32.1. The van der Waals surface area contributed by atoms with Gasteiger partial charge in [-0.25, -0.2) is 0 Å². The van der Waals surface area contributed by atoms with Gasteiger partial charge in [0.2, 0.25) is 5.13 Å². The molecule has 2 aliphatic heterocycles. The summed E-state index contributed by atoms with van der Waals surface area (Å²) in [6, 6.07) is 10.1. The molecule has 1 aromatic heterocycles. The maximum absolute atomic E-state index is 6.25. The predicted molar refractivity (Wildman–Crippen MR) is 90.9 cm³/mol. The lowest BCUT2D eigenvalue weighted by atomic mass is 9.93. The average molecular weight is 331 g/mol. The van der Waals surface area contributed by atoms with Crippen LogP contribution in [0.25, 0.3) is 11.4 Å². The molecule has 4 rings (SSSR count). The smallest absolute Gasteiger partial charge is 0.205 e. The first kappa shape index (κ1) is 15.1. The maximum atomic E-state index is 6.25. The molecule has 0 unspecified atom stereocenters. The number of anilines is 1. The molecule has 3 heterocycles. The molecule has 2 saturated heterocycles. The number of hydrogen-bond acceptors (Lipinski definition) is 6. The van der Waals surface area contributed by atoms with Crippen LogP contribution in [-0.2, 0) is 9.47 Å². The van der Waals surface area contributed by atoms with Crippen molar-refractivity contribution < 1.29 is 9.47 Å². The van der Waals surface area contributed by atoms with Gasteiger partial charge in [-0.05, 0) is 19.8 Å². The van der Waals surface area contributed by atoms with Crippen molar-refractivity contribution in [3.63, 3.8) is 0 Å². The molecule has 0 aliphatic carbocycles. The molecule has 122 valence electrons. The molecule has 0 N–H and O–H groups in total. The molecule has 1 spiro atoms. The van der Waals surface area contributed by atoms with Crippen molar-refractivity contribution in [1.82, 2.24) is 9.36 Å². The SMILES string of the molecule is C[C@@H]1CN(c2nc(-c3ccccc3)ns2)C[C@@]2(CCCOC2)O1. The molecular formula is C17H21N3O2S. The summed E-state index contributed by atoms with van der Waals surface area (Å²) in [7, 11) is 0. The fraction of sp³-hybridized carbons (Fsp3) is 0.529. The third kappa shape index (κ3) is 3.11. The zero-order valence-electron chi connectivity index (χ0n) is 13.3. The molecule has 2 fully saturated rings. The van der Waals surface area contributed by atoms with E-state index >= 15 is 0 Å². The zero-order valence-corrected chi connectivity index (χ0v) is 14.1. The number of benzene rings is 1. The van der Waals surface area contributed by atoms with Gasteiger partial charge in [0, 0.05) is 30.2 Å². The molecular weight excluding hydrogens is 310 g/mol. The van der Waals surface area contributed by atoms with Crippen molar-refractivity contribution in [2.75, 3.05) is 31.2 Å². The van der Waals surface area contributed by atoms with Gasteiger partial charge in [-0.3, -0.25) is 0 Å². The Labute approximate surface area is 140 Å². The van der Waals surface area contributed by atoms with E-state index in [0.717, 1.165) is 49.1 Å². The molecule has 5 nitrogen and oxygen atoms in total. The molecule has 6 heteroatoms. The van der Waals surface area contributed by atoms with E-state index in [1.54, 1.807) is 0 Å². The number of morpholine rings is 1. The van der Waals surface area contributed by atoms with E-state index in [9.17, 15) is 0 Å². The Morgan fingerprint density at radius 3 is 2.96 bits per heavy atom. The fourth-order valence-electron chi connectivity index (χ4n) is 3.46. The van der Waals surface area contributed by atoms with Crippen molar-refractivity contribution in [3.8, 4) is 11.4 Å². The summed E-state index contributed by atoms with van der Waals surface area (Å²) >= 11 is 1.47. The summed E-state index contributed by atoms with van der Waals surface area (Å²) < 4.78 is 16.5. The third-order valence-corrected chi connectivity index (χ3v) is 5.19. The first-order valence-corrected chi connectivity index (χ1v) is 8.91. The highest BCUT2D eigenvalue weighted by Gasteiger charge is 2.42. The Hall–Kier alpha value is -1.50. The minimum Gasteiger partial charge on any atom is -0.378 e. The van der Waals surface area contributed by atoms with Crippen LogP contribution in [-0.4, -0.2) is 47.4 Å². The molecule has 0 bridgehead atoms. The van der Waals surface area contributed by atoms with Gasteiger partial charge in [0.15, 0.2) is 5.82 Å². The van der Waals surface area contributed by atoms with Crippen LogP contribution < -0.4 is 4.90 Å². The molecule has 0 amide bonds. The van der Waals surface area contributed by atoms with Crippen molar-refractivity contribution in [1.29, 1.82) is 0 Å². The Balaban J connectivity index is 1.56. The van der Waals surface area contributed by atoms with Crippen molar-refractivity contribution in [3.05, 3.63) is 30.3 Å². The summed E-state index contributed by atoms with van der Waals surface area (Å²) in [5.74, 6) is 0.804. The van der Waals surface area contributed by atoms with E-state index < -0.39 is 0 Å². The largest absolute Gasteiger partial charge is 0.378 e. The molecule has 2 aromatic rings. The predicted octanol–water partition coefficient (Wildman–Crippen LogP) is 2.98. The van der Waals surface area contributed by atoms with Gasteiger partial charge in [-0.15, -0.1) is 0 Å². The van der Waals surface area contributed by atoms with Gasteiger partial charge in [0.1, 0.15) is 5.60 Å². The van der Waals surface area contributed by atoms with Gasteiger partial charge in [-0.2, -0.15) is 9.36 Å². The standard InChI is InChI=1S/C17H21N3O2S/c1-13-10-20(11-17(22-13)8-5-9-21-12-17)16-18-15(19-23-16)14-6-3-2-4-7-14/h2-4,6-7,13H,5,8-12H2,1H3/t13-,17-/m1/s1. The molecule has 0 radical (unpaired) electrons. The number of hydrogen-bond donors (Lipinski definition) is 0. The van der Waals surface area contributed by atoms with Crippen LogP contribution in [0, 0.1) is 0 Å². The van der Waals surface area contributed by atoms with Crippen molar-refractivity contribution in [2.45, 2.75) is 31.5 Å². The average Bonchev–Trinajstić information content (AvgIpc) is 3.06. The van der Waals surface area contributed by atoms with Crippen LogP contribution >= 0.6 is 11.5 Å². The van der Waals surface area contributed by atoms with E-state index in [4.69, 9.17) is 14.5 Å². The maximum Gasteiger partial charge on any atom is 0.205 e. The minimum absolute atomic E-state index is 0.175. The number of ether oxygens (including phenoxy) is 2. The quantitative estimate of drug-likeness (QED) is 0.847. The lowest BCUT2D eigenvalue weighted by Gasteiger charge is -2.47. The lowest BCUT2D eigenvalue weighted by molar-refractivity contribution is -0.160. The highest BCUT2D eigenvalue weighted by molar-refractivity contribution is 7.09. The third-order valence-electron chi connectivity index (χ3n) is 4.41. The van der Waals surface area contributed by atoms with E-state index in [1.165, 1.54) is 11.5 Å². The first-order chi connectivity index (χ1) is 11.2. The monoisotopic (exact) mass is 331 g/mol. The summed E-state index contributed by atoms with van der Waals surface area (Å²) in [4.78, 5) is 7.07. The number of aromatic nitrogens is 2. The molecule has 23 heavy (non-hydrogen) atoms. The molecule has 2 aliphatic rings. The Kier molecular flexibility index (Phi) is 4.05. The van der Waals surface area contributed by atoms with Crippen LogP contribution in [0.15, 0.2) is 30.3 Å². The Morgan fingerprint density at radius 2 is 2.17 bits per heavy atom. The van der Waals surface area contributed by atoms with E-state index in [1.807, 2.05) is 30.3 Å². The summed E-state index contributed by atoms with van der Waals surface area (Å²) in [5.41, 5.74) is 0.876. The summed E-state index contributed by atoms with van der Waals surface area (Å²) in [5, 5.41) is 0.976. The minimum atomic E-state index is -0.186. The van der Waals surface area contributed by atoms with Gasteiger partial charge in [-0.1, -0.05) is 30.3 Å². The van der Waals surface area contributed by atoms with E-state index in [2.05, 4.69) is 16.2 Å². The van der Waals surface area contributed by atoms with Crippen molar-refractivity contribution >= 4 is 16.7 Å². The van der Waals surface area contributed by atoms with Crippen LogP contribution in [0.1, 0.15) is 19.8 Å². The first-order valence-electron chi connectivity index (χ1n) is 8.14. The summed E-state index contributed by atoms with van der Waals surface area (Å²) in [6.07, 6.45) is 2.29. The fourth-order valence-corrected chi connectivity index (χ4v) is 4.16. The normalized spacial score (nSPS) is 28.2. The lowest BCUT2D eigenvalue weighted by Crippen LogP contribution is -2.58. The number of nitrogens with zero attached hydrogens (tertiary/aromatic N) is 3. The summed E-state index contributed by atoms with van der Waals surface area (Å²) in [6.45, 7) is 5.34. The molecule has 0 saturated carbocycles. The van der Waals surface area contributed by atoms with Gasteiger partial charge in [0.05, 0.1) is 19.3 Å². The number of rotatable bonds is 2. The van der Waals surface area contributed by atoms with E-state index in [0.29, 0.717) is 6.61 Å². The van der Waals surface area contributed by atoms with Gasteiger partial charge < -0.3 is 14.4 Å². The van der Waals surface area contributed by atoms with Crippen LogP contribution in [0.4, 0.5) is 5.13 Å². The van der Waals surface area contributed by atoms with Crippen LogP contribution in [0.3, 0.4) is 0 Å². The van der Waals surface area contributed by atoms with Gasteiger partial charge in [0.25, 0.3) is 0 Å². The topological polar surface area (TPSA) is 47.5 Å². The second-order valence-electron chi connectivity index (χ2n) is 6.41. The molecule has 1 aromatic carbocycles. The highest BCUT2D eigenvalue weighted by Crippen LogP contribution is 2.33. The van der Waals surface area contributed by atoms with E-state index in [-0.39, 0.29) is 11.7 Å². The van der Waals surface area contributed by atoms with Crippen LogP contribution in [0.5, 0.6) is 0 Å².